The van der Waals surface area contributed by atoms with Crippen molar-refractivity contribution in [2.24, 2.45) is 0 Å². The predicted octanol–water partition coefficient (Wildman–Crippen LogP) is 13.5. The zero-order valence-corrected chi connectivity index (χ0v) is 28.6. The van der Waals surface area contributed by atoms with Gasteiger partial charge in [0.25, 0.3) is 0 Å². The number of benzene rings is 8. The Bertz CT molecular complexity index is 2890. The first-order valence-corrected chi connectivity index (χ1v) is 18.2. The Hall–Kier alpha value is -5.90. The number of hydrogen-bond donors (Lipinski definition) is 0. The zero-order chi connectivity index (χ0) is 33.1. The van der Waals surface area contributed by atoms with E-state index in [1.165, 1.54) is 80.7 Å². The van der Waals surface area contributed by atoms with Crippen molar-refractivity contribution in [3.05, 3.63) is 169 Å². The lowest BCUT2D eigenvalue weighted by molar-refractivity contribution is 0.660. The minimum atomic E-state index is -0.0836. The fourth-order valence-corrected chi connectivity index (χ4v) is 9.92. The van der Waals surface area contributed by atoms with Crippen molar-refractivity contribution in [1.29, 1.82) is 0 Å². The highest BCUT2D eigenvalue weighted by Gasteiger charge is 2.35. The molecule has 0 bridgehead atoms. The van der Waals surface area contributed by atoms with Gasteiger partial charge in [0.15, 0.2) is 0 Å². The monoisotopic (exact) mass is 656 g/mol. The number of hydrogen-bond acceptors (Lipinski definition) is 2. The van der Waals surface area contributed by atoms with Gasteiger partial charge in [0, 0.05) is 59.1 Å². The quantitative estimate of drug-likeness (QED) is 0.171. The summed E-state index contributed by atoms with van der Waals surface area (Å²) in [5, 5.41) is 7.88. The van der Waals surface area contributed by atoms with E-state index in [1.54, 1.807) is 0 Å². The molecule has 0 radical (unpaired) electrons. The van der Waals surface area contributed by atoms with Crippen LogP contribution < -0.4 is 4.90 Å². The molecule has 2 nitrogen and oxygen atoms in total. The van der Waals surface area contributed by atoms with E-state index in [0.29, 0.717) is 0 Å². The molecular formula is C47H32N2S. The van der Waals surface area contributed by atoms with Crippen LogP contribution in [0.25, 0.3) is 69.6 Å². The molecule has 11 rings (SSSR count). The molecule has 3 heteroatoms. The van der Waals surface area contributed by atoms with Crippen LogP contribution in [-0.4, -0.2) is 4.57 Å². The zero-order valence-electron chi connectivity index (χ0n) is 27.8. The molecule has 2 heterocycles. The van der Waals surface area contributed by atoms with Gasteiger partial charge in [-0.15, -0.1) is 11.3 Å². The molecule has 1 aliphatic rings. The maximum atomic E-state index is 2.44. The largest absolute Gasteiger partial charge is 0.310 e. The molecule has 0 amide bonds. The summed E-state index contributed by atoms with van der Waals surface area (Å²) in [6.07, 6.45) is 0. The van der Waals surface area contributed by atoms with Crippen molar-refractivity contribution in [2.75, 3.05) is 4.90 Å². The average molecular weight is 657 g/mol. The first-order valence-electron chi connectivity index (χ1n) is 17.4. The lowest BCUT2D eigenvalue weighted by Crippen LogP contribution is -2.16. The third kappa shape index (κ3) is 3.78. The minimum absolute atomic E-state index is 0.0836. The number of anilines is 3. The first-order chi connectivity index (χ1) is 24.5. The van der Waals surface area contributed by atoms with Crippen LogP contribution in [0, 0.1) is 0 Å². The molecule has 0 unspecified atom stereocenters. The Morgan fingerprint density at radius 2 is 1.10 bits per heavy atom. The molecule has 0 N–H and O–H groups in total. The van der Waals surface area contributed by atoms with Gasteiger partial charge < -0.3 is 9.47 Å². The van der Waals surface area contributed by atoms with E-state index in [9.17, 15) is 0 Å². The van der Waals surface area contributed by atoms with Crippen LogP contribution >= 0.6 is 11.3 Å². The summed E-state index contributed by atoms with van der Waals surface area (Å²) in [4.78, 5) is 2.44. The molecule has 0 fully saturated rings. The van der Waals surface area contributed by atoms with Crippen LogP contribution in [0.4, 0.5) is 17.1 Å². The van der Waals surface area contributed by atoms with Crippen LogP contribution in [0.1, 0.15) is 25.0 Å². The number of aromatic nitrogens is 1. The number of fused-ring (bicyclic) bond motifs is 6. The standard InChI is InChI=1S/C47H32N2S/c1-47(2)39-13-5-3-11-35(39)36-25-23-33(27-40(36)47)48(34-24-26-38-37-12-4-6-16-43(37)50-44(38)28-34)31-19-21-32(22-20-31)49-41-14-7-9-29-17-18-30-10-8-15-42(49)46(30)45(29)41/h3-28H,1-2H3. The Balaban J connectivity index is 1.10. The molecule has 236 valence electrons. The summed E-state index contributed by atoms with van der Waals surface area (Å²) in [6.45, 7) is 4.72. The summed E-state index contributed by atoms with van der Waals surface area (Å²) in [5.41, 5.74) is 12.5. The highest BCUT2D eigenvalue weighted by molar-refractivity contribution is 7.25. The van der Waals surface area contributed by atoms with E-state index < -0.39 is 0 Å². The second-order valence-electron chi connectivity index (χ2n) is 14.2. The highest BCUT2D eigenvalue weighted by atomic mass is 32.1. The second-order valence-corrected chi connectivity index (χ2v) is 15.3. The molecule has 0 saturated heterocycles. The van der Waals surface area contributed by atoms with Crippen molar-refractivity contribution in [1.82, 2.24) is 4.57 Å². The molecule has 50 heavy (non-hydrogen) atoms. The third-order valence-corrected chi connectivity index (χ3v) is 12.3. The minimum Gasteiger partial charge on any atom is -0.310 e. The number of thiophene rings is 1. The van der Waals surface area contributed by atoms with E-state index in [0.717, 1.165) is 17.1 Å². The van der Waals surface area contributed by atoms with Crippen molar-refractivity contribution in [3.63, 3.8) is 0 Å². The summed E-state index contributed by atoms with van der Waals surface area (Å²) in [7, 11) is 0. The maximum Gasteiger partial charge on any atom is 0.0547 e. The molecular weight excluding hydrogens is 625 g/mol. The Morgan fingerprint density at radius 1 is 0.480 bits per heavy atom. The molecule has 8 aromatic carbocycles. The summed E-state index contributed by atoms with van der Waals surface area (Å²) in [6, 6.07) is 58.6. The van der Waals surface area contributed by atoms with Crippen LogP contribution in [0.3, 0.4) is 0 Å². The molecule has 0 aliphatic heterocycles. The number of rotatable bonds is 4. The molecule has 10 aromatic rings. The fraction of sp³-hybridized carbons (Fsp3) is 0.0638. The molecule has 2 aromatic heterocycles. The van der Waals surface area contributed by atoms with Crippen molar-refractivity contribution in [2.45, 2.75) is 19.3 Å². The average Bonchev–Trinajstić information content (AvgIpc) is 3.77. The van der Waals surface area contributed by atoms with E-state index in [-0.39, 0.29) is 5.41 Å². The van der Waals surface area contributed by atoms with Crippen LogP contribution in [0.2, 0.25) is 0 Å². The Morgan fingerprint density at radius 3 is 1.88 bits per heavy atom. The molecule has 0 saturated carbocycles. The van der Waals surface area contributed by atoms with E-state index in [2.05, 4.69) is 181 Å². The smallest absolute Gasteiger partial charge is 0.0547 e. The van der Waals surface area contributed by atoms with Gasteiger partial charge in [-0.2, -0.15) is 0 Å². The first kappa shape index (κ1) is 28.0. The van der Waals surface area contributed by atoms with Crippen LogP contribution in [0.15, 0.2) is 158 Å². The van der Waals surface area contributed by atoms with Crippen molar-refractivity contribution >= 4 is 81.1 Å². The van der Waals surface area contributed by atoms with Gasteiger partial charge in [-0.1, -0.05) is 105 Å². The lowest BCUT2D eigenvalue weighted by Gasteiger charge is -2.28. The summed E-state index contributed by atoms with van der Waals surface area (Å²) < 4.78 is 5.05. The number of nitrogens with zero attached hydrogens (tertiary/aromatic N) is 2. The summed E-state index contributed by atoms with van der Waals surface area (Å²) >= 11 is 1.87. The SMILES string of the molecule is CC1(C)c2ccccc2-c2ccc(N(c3ccc(-n4c5cccc6ccc7cccc4c7c65)cc3)c3ccc4c(c3)sc3ccccc34)cc21. The maximum absolute atomic E-state index is 2.44. The van der Waals surface area contributed by atoms with Gasteiger partial charge in [0.1, 0.15) is 0 Å². The van der Waals surface area contributed by atoms with Gasteiger partial charge >= 0.3 is 0 Å². The van der Waals surface area contributed by atoms with Crippen molar-refractivity contribution < 1.29 is 0 Å². The van der Waals surface area contributed by atoms with Gasteiger partial charge in [-0.3, -0.25) is 0 Å². The molecule has 1 aliphatic carbocycles. The highest BCUT2D eigenvalue weighted by Crippen LogP contribution is 2.51. The van der Waals surface area contributed by atoms with E-state index in [1.807, 2.05) is 11.3 Å². The van der Waals surface area contributed by atoms with E-state index >= 15 is 0 Å². The van der Waals surface area contributed by atoms with Crippen molar-refractivity contribution in [3.8, 4) is 16.8 Å². The van der Waals surface area contributed by atoms with Gasteiger partial charge in [-0.25, -0.2) is 0 Å². The van der Waals surface area contributed by atoms with Crippen LogP contribution in [0.5, 0.6) is 0 Å². The second kappa shape index (κ2) is 10.1. The topological polar surface area (TPSA) is 8.17 Å². The fourth-order valence-electron chi connectivity index (χ4n) is 8.78. The van der Waals surface area contributed by atoms with Gasteiger partial charge in [0.05, 0.1) is 11.0 Å². The third-order valence-electron chi connectivity index (χ3n) is 11.1. The van der Waals surface area contributed by atoms with Gasteiger partial charge in [-0.05, 0) is 99.8 Å². The molecule has 0 atom stereocenters. The normalized spacial score (nSPS) is 13.6. The van der Waals surface area contributed by atoms with Gasteiger partial charge in [0.2, 0.25) is 0 Å². The lowest BCUT2D eigenvalue weighted by atomic mass is 9.82. The van der Waals surface area contributed by atoms with Crippen LogP contribution in [-0.2, 0) is 5.41 Å². The Labute approximate surface area is 294 Å². The van der Waals surface area contributed by atoms with E-state index in [4.69, 9.17) is 0 Å². The predicted molar refractivity (Wildman–Crippen MR) is 215 cm³/mol. The summed E-state index contributed by atoms with van der Waals surface area (Å²) in [5.74, 6) is 0. The Kier molecular flexibility index (Phi) is 5.64. The molecule has 0 spiro atoms.